The van der Waals surface area contributed by atoms with Crippen LogP contribution >= 0.6 is 15.9 Å². The van der Waals surface area contributed by atoms with Crippen LogP contribution in [0, 0.1) is 0 Å². The number of Topliss-reactive ketones (excluding diaryl/α,β-unsaturated/α-hetero) is 1. The highest BCUT2D eigenvalue weighted by atomic mass is 79.9. The summed E-state index contributed by atoms with van der Waals surface area (Å²) < 4.78 is 1.04. The minimum atomic E-state index is 0.0671. The first-order valence-corrected chi connectivity index (χ1v) is 5.76. The predicted octanol–water partition coefficient (Wildman–Crippen LogP) is 3.92. The van der Waals surface area contributed by atoms with Gasteiger partial charge in [0.1, 0.15) is 5.78 Å². The Balaban J connectivity index is 2.94. The van der Waals surface area contributed by atoms with Gasteiger partial charge < -0.3 is 0 Å². The highest BCUT2D eigenvalue weighted by Gasteiger charge is 2.16. The molecule has 1 atom stereocenters. The zero-order valence-electron chi connectivity index (χ0n) is 8.59. The van der Waals surface area contributed by atoms with Crippen molar-refractivity contribution in [1.82, 2.24) is 0 Å². The van der Waals surface area contributed by atoms with Crippen molar-refractivity contribution in [3.63, 3.8) is 0 Å². The smallest absolute Gasteiger partial charge is 0.140 e. The highest BCUT2D eigenvalue weighted by molar-refractivity contribution is 9.10. The Labute approximate surface area is 93.7 Å². The quantitative estimate of drug-likeness (QED) is 0.796. The molecule has 0 heterocycles. The summed E-state index contributed by atoms with van der Waals surface area (Å²) in [6, 6.07) is 8.01. The molecule has 0 fully saturated rings. The Bertz CT molecular complexity index is 320. The Morgan fingerprint density at radius 1 is 1.43 bits per heavy atom. The highest BCUT2D eigenvalue weighted by Crippen LogP contribution is 2.24. The molecule has 0 radical (unpaired) electrons. The van der Waals surface area contributed by atoms with Crippen molar-refractivity contribution in [3.05, 3.63) is 34.3 Å². The molecule has 0 amide bonds. The monoisotopic (exact) mass is 254 g/mol. The Morgan fingerprint density at radius 2 is 2.14 bits per heavy atom. The summed E-state index contributed by atoms with van der Waals surface area (Å²) in [4.78, 5) is 11.6. The van der Waals surface area contributed by atoms with Crippen LogP contribution < -0.4 is 0 Å². The number of benzene rings is 1. The molecule has 2 heteroatoms. The van der Waals surface area contributed by atoms with Crippen molar-refractivity contribution in [1.29, 1.82) is 0 Å². The van der Waals surface area contributed by atoms with Gasteiger partial charge in [0.2, 0.25) is 0 Å². The summed E-state index contributed by atoms with van der Waals surface area (Å²) in [5.74, 6) is 0.392. The lowest BCUT2D eigenvalue weighted by Crippen LogP contribution is -2.10. The molecule has 0 aliphatic heterocycles. The van der Waals surface area contributed by atoms with Crippen molar-refractivity contribution in [2.75, 3.05) is 0 Å². The first-order valence-electron chi connectivity index (χ1n) is 4.97. The van der Waals surface area contributed by atoms with Crippen LogP contribution in [0.5, 0.6) is 0 Å². The van der Waals surface area contributed by atoms with Crippen molar-refractivity contribution >= 4 is 21.7 Å². The number of halogens is 1. The first kappa shape index (κ1) is 11.4. The molecule has 0 saturated heterocycles. The van der Waals surface area contributed by atoms with Gasteiger partial charge in [0.25, 0.3) is 0 Å². The van der Waals surface area contributed by atoms with Crippen LogP contribution in [0.2, 0.25) is 0 Å². The van der Waals surface area contributed by atoms with Crippen molar-refractivity contribution in [2.24, 2.45) is 0 Å². The van der Waals surface area contributed by atoms with E-state index >= 15 is 0 Å². The van der Waals surface area contributed by atoms with Gasteiger partial charge in [-0.05, 0) is 24.1 Å². The summed E-state index contributed by atoms with van der Waals surface area (Å²) in [7, 11) is 0. The van der Waals surface area contributed by atoms with E-state index in [2.05, 4.69) is 22.9 Å². The molecular formula is C12H15BrO. The number of hydrogen-bond donors (Lipinski definition) is 0. The molecule has 1 nitrogen and oxygen atoms in total. The third kappa shape index (κ3) is 2.68. The number of rotatable bonds is 4. The molecule has 0 bridgehead atoms. The minimum Gasteiger partial charge on any atom is -0.299 e. The summed E-state index contributed by atoms with van der Waals surface area (Å²) in [5, 5.41) is 0. The van der Waals surface area contributed by atoms with Crippen LogP contribution in [0.1, 0.15) is 38.2 Å². The van der Waals surface area contributed by atoms with Crippen LogP contribution in [0.25, 0.3) is 0 Å². The Hall–Kier alpha value is -0.630. The first-order chi connectivity index (χ1) is 6.69. The van der Waals surface area contributed by atoms with Gasteiger partial charge in [-0.2, -0.15) is 0 Å². The van der Waals surface area contributed by atoms with Gasteiger partial charge in [-0.1, -0.05) is 41.9 Å². The maximum atomic E-state index is 11.6. The molecule has 1 rings (SSSR count). The van der Waals surface area contributed by atoms with Crippen molar-refractivity contribution in [2.45, 2.75) is 32.6 Å². The van der Waals surface area contributed by atoms with Gasteiger partial charge in [-0.25, -0.2) is 0 Å². The summed E-state index contributed by atoms with van der Waals surface area (Å²) in [5.41, 5.74) is 1.12. The molecule has 0 aromatic heterocycles. The van der Waals surface area contributed by atoms with Crippen LogP contribution in [0.3, 0.4) is 0 Å². The largest absolute Gasteiger partial charge is 0.299 e. The lowest BCUT2D eigenvalue weighted by molar-refractivity contribution is -0.120. The maximum absolute atomic E-state index is 11.6. The number of hydrogen-bond acceptors (Lipinski definition) is 1. The molecular weight excluding hydrogens is 240 g/mol. The van der Waals surface area contributed by atoms with E-state index in [1.54, 1.807) is 0 Å². The Kier molecular flexibility index (Phi) is 4.33. The number of carbonyl (C=O) groups is 1. The average molecular weight is 255 g/mol. The van der Waals surface area contributed by atoms with Crippen molar-refractivity contribution in [3.8, 4) is 0 Å². The fourth-order valence-corrected chi connectivity index (χ4v) is 2.04. The summed E-state index contributed by atoms with van der Waals surface area (Å²) in [6.45, 7) is 3.97. The zero-order chi connectivity index (χ0) is 10.6. The van der Waals surface area contributed by atoms with Crippen LogP contribution in [0.15, 0.2) is 28.7 Å². The molecule has 0 N–H and O–H groups in total. The van der Waals surface area contributed by atoms with E-state index < -0.39 is 0 Å². The van der Waals surface area contributed by atoms with E-state index in [1.807, 2.05) is 31.2 Å². The van der Waals surface area contributed by atoms with Gasteiger partial charge in [-0.3, -0.25) is 4.79 Å². The predicted molar refractivity (Wildman–Crippen MR) is 62.5 cm³/mol. The second-order valence-electron chi connectivity index (χ2n) is 3.34. The third-order valence-electron chi connectivity index (χ3n) is 2.40. The minimum absolute atomic E-state index is 0.0671. The standard InChI is InChI=1S/C12H15BrO/c1-3-11(12(14)4-2)9-6-5-7-10(13)8-9/h5-8,11H,3-4H2,1-2H3. The normalized spacial score (nSPS) is 12.5. The third-order valence-corrected chi connectivity index (χ3v) is 2.89. The van der Waals surface area contributed by atoms with E-state index in [1.165, 1.54) is 0 Å². The Morgan fingerprint density at radius 3 is 2.64 bits per heavy atom. The van der Waals surface area contributed by atoms with Gasteiger partial charge in [0.15, 0.2) is 0 Å². The lowest BCUT2D eigenvalue weighted by atomic mass is 9.91. The van der Waals surface area contributed by atoms with E-state index in [4.69, 9.17) is 0 Å². The molecule has 76 valence electrons. The molecule has 14 heavy (non-hydrogen) atoms. The summed E-state index contributed by atoms with van der Waals surface area (Å²) >= 11 is 3.42. The molecule has 0 aliphatic carbocycles. The molecule has 1 aromatic carbocycles. The summed E-state index contributed by atoms with van der Waals surface area (Å²) in [6.07, 6.45) is 1.49. The van der Waals surface area contributed by atoms with Crippen LogP contribution in [-0.2, 0) is 4.79 Å². The van der Waals surface area contributed by atoms with E-state index in [9.17, 15) is 4.79 Å². The molecule has 1 unspecified atom stereocenters. The molecule has 1 aromatic rings. The van der Waals surface area contributed by atoms with Crippen LogP contribution in [0.4, 0.5) is 0 Å². The number of ketones is 1. The lowest BCUT2D eigenvalue weighted by Gasteiger charge is -2.13. The van der Waals surface area contributed by atoms with E-state index in [0.29, 0.717) is 12.2 Å². The van der Waals surface area contributed by atoms with Crippen LogP contribution in [-0.4, -0.2) is 5.78 Å². The van der Waals surface area contributed by atoms with Gasteiger partial charge in [0.05, 0.1) is 0 Å². The van der Waals surface area contributed by atoms with Gasteiger partial charge in [0, 0.05) is 16.8 Å². The van der Waals surface area contributed by atoms with Gasteiger partial charge in [-0.15, -0.1) is 0 Å². The molecule has 0 spiro atoms. The fraction of sp³-hybridized carbons (Fsp3) is 0.417. The van der Waals surface area contributed by atoms with Crippen molar-refractivity contribution < 1.29 is 4.79 Å². The SMILES string of the molecule is CCC(=O)C(CC)c1cccc(Br)c1. The second kappa shape index (κ2) is 5.30. The average Bonchev–Trinajstić information content (AvgIpc) is 2.19. The van der Waals surface area contributed by atoms with E-state index in [0.717, 1.165) is 16.5 Å². The topological polar surface area (TPSA) is 17.1 Å². The molecule has 0 aliphatic rings. The number of carbonyl (C=O) groups excluding carboxylic acids is 1. The second-order valence-corrected chi connectivity index (χ2v) is 4.25. The molecule has 0 saturated carbocycles. The zero-order valence-corrected chi connectivity index (χ0v) is 10.2. The maximum Gasteiger partial charge on any atom is 0.140 e. The van der Waals surface area contributed by atoms with Gasteiger partial charge >= 0.3 is 0 Å². The fourth-order valence-electron chi connectivity index (χ4n) is 1.62. The van der Waals surface area contributed by atoms with E-state index in [-0.39, 0.29) is 5.92 Å².